The molecule has 20 heteroatoms. The number of nitrogens with two attached hydrogens (primary N) is 1. The van der Waals surface area contributed by atoms with Crippen LogP contribution in [-0.4, -0.2) is 135 Å². The topological polar surface area (TPSA) is 264 Å². The molecular weight excluding hydrogens is 832 g/mol. The van der Waals surface area contributed by atoms with Gasteiger partial charge in [-0.1, -0.05) is 29.8 Å². The van der Waals surface area contributed by atoms with Crippen molar-refractivity contribution in [3.8, 4) is 5.75 Å². The van der Waals surface area contributed by atoms with E-state index in [1.54, 1.807) is 30.5 Å². The number of benzene rings is 2. The van der Waals surface area contributed by atoms with Crippen molar-refractivity contribution in [2.45, 2.75) is 75.2 Å². The van der Waals surface area contributed by atoms with Crippen LogP contribution in [0.5, 0.6) is 5.75 Å². The minimum absolute atomic E-state index is 0.0557. The fraction of sp³-hybridized carbons (Fsp3) is 0.452. The van der Waals surface area contributed by atoms with E-state index in [0.29, 0.717) is 75.5 Å². The van der Waals surface area contributed by atoms with Crippen molar-refractivity contribution in [2.75, 3.05) is 52.0 Å². The molecule has 0 saturated carbocycles. The number of fused-ring (bicyclic) bond motifs is 2. The molecule has 0 bridgehead atoms. The number of carbonyl (C=O) groups is 5. The lowest BCUT2D eigenvalue weighted by Gasteiger charge is -2.27. The predicted molar refractivity (Wildman–Crippen MR) is 218 cm³/mol. The van der Waals surface area contributed by atoms with Crippen molar-refractivity contribution in [1.29, 1.82) is 0 Å². The molecule has 0 radical (unpaired) electrons. The molecule has 7 rings (SSSR count). The fourth-order valence-corrected chi connectivity index (χ4v) is 7.85. The van der Waals surface area contributed by atoms with Crippen LogP contribution in [0.15, 0.2) is 55.0 Å². The third kappa shape index (κ3) is 9.79. The van der Waals surface area contributed by atoms with E-state index in [-0.39, 0.29) is 64.9 Å². The number of amides is 4. The maximum Gasteiger partial charge on any atom is 0.262 e. The third-order valence-corrected chi connectivity index (χ3v) is 11.2. The van der Waals surface area contributed by atoms with Crippen LogP contribution < -0.4 is 15.8 Å². The summed E-state index contributed by atoms with van der Waals surface area (Å²) >= 11 is 6.32. The molecule has 19 nitrogen and oxygen atoms in total. The summed E-state index contributed by atoms with van der Waals surface area (Å²) in [6.07, 6.45) is -1.83. The molecular formula is C42H47ClN6O13. The highest BCUT2D eigenvalue weighted by Crippen LogP contribution is 2.39. The number of hydrogen-bond donors (Lipinski definition) is 5. The van der Waals surface area contributed by atoms with Crippen molar-refractivity contribution in [3.05, 3.63) is 82.3 Å². The molecule has 3 aliphatic heterocycles. The zero-order valence-electron chi connectivity index (χ0n) is 33.5. The fourth-order valence-electron chi connectivity index (χ4n) is 7.68. The van der Waals surface area contributed by atoms with E-state index in [0.717, 1.165) is 4.90 Å². The summed E-state index contributed by atoms with van der Waals surface area (Å²) in [7, 11) is 0. The Morgan fingerprint density at radius 3 is 2.45 bits per heavy atom. The van der Waals surface area contributed by atoms with Crippen LogP contribution >= 0.6 is 11.6 Å². The van der Waals surface area contributed by atoms with Crippen LogP contribution in [0.1, 0.15) is 76.3 Å². The van der Waals surface area contributed by atoms with E-state index in [4.69, 9.17) is 41.0 Å². The van der Waals surface area contributed by atoms with Crippen molar-refractivity contribution in [1.82, 2.24) is 24.8 Å². The van der Waals surface area contributed by atoms with Gasteiger partial charge >= 0.3 is 0 Å². The number of anilines is 1. The van der Waals surface area contributed by atoms with Gasteiger partial charge in [0.1, 0.15) is 60.6 Å². The first kappa shape index (κ1) is 44.7. The second-order valence-electron chi connectivity index (χ2n) is 15.0. The molecule has 2 aromatic heterocycles. The number of nitrogens with zero attached hydrogens (tertiary/aromatic N) is 4. The Labute approximate surface area is 360 Å². The summed E-state index contributed by atoms with van der Waals surface area (Å²) in [5.41, 5.74) is 7.82. The molecule has 3 aliphatic rings. The van der Waals surface area contributed by atoms with Gasteiger partial charge in [0.05, 0.1) is 48.0 Å². The minimum atomic E-state index is -1.46. The van der Waals surface area contributed by atoms with Crippen LogP contribution in [0, 0.1) is 0 Å². The van der Waals surface area contributed by atoms with Gasteiger partial charge in [0, 0.05) is 32.3 Å². The van der Waals surface area contributed by atoms with E-state index in [2.05, 4.69) is 15.3 Å². The van der Waals surface area contributed by atoms with E-state index in [9.17, 15) is 39.3 Å². The Bertz CT molecular complexity index is 2310. The summed E-state index contributed by atoms with van der Waals surface area (Å²) in [5.74, 6) is -1.95. The van der Waals surface area contributed by atoms with E-state index in [1.807, 2.05) is 0 Å². The van der Waals surface area contributed by atoms with Crippen LogP contribution in [0.4, 0.5) is 5.82 Å². The zero-order chi connectivity index (χ0) is 43.9. The maximum atomic E-state index is 13.3. The number of aliphatic hydroxyl groups is 3. The Kier molecular flexibility index (Phi) is 14.6. The molecule has 4 amide bonds. The first-order chi connectivity index (χ1) is 29.9. The van der Waals surface area contributed by atoms with Crippen LogP contribution in [0.25, 0.3) is 11.0 Å². The second-order valence-corrected chi connectivity index (χ2v) is 15.4. The quantitative estimate of drug-likeness (QED) is 0.0591. The standard InChI is InChI=1S/C42H47ClN6O13/c43-28-9-8-24(33(52)36-34(53)35(54)42(62-36)48-13-12-27-37(44)45-22-46-38(27)48)20-30(28)61-21-25(50)6-3-15-59-17-19-60-18-16-58-14-2-5-23-4-1-7-26-32(23)41(57)49(40(26)56)29-10-11-31(51)47-39(29)55/h1,4,7-9,12-13,20,22,29,33-36,42,52-54H,2-3,5-6,10-11,14-19,21H2,(H2,44,45,46)(H,47,51,55)/t29?,33-,34+,35-,36-,42-/m1/s1. The first-order valence-corrected chi connectivity index (χ1v) is 20.6. The van der Waals surface area contributed by atoms with Gasteiger partial charge in [-0.3, -0.25) is 34.2 Å². The van der Waals surface area contributed by atoms with Gasteiger partial charge in [-0.15, -0.1) is 0 Å². The second kappa shape index (κ2) is 20.2. The molecule has 2 fully saturated rings. The van der Waals surface area contributed by atoms with Gasteiger partial charge in [0.2, 0.25) is 11.8 Å². The maximum absolute atomic E-state index is 13.3. The molecule has 62 heavy (non-hydrogen) atoms. The molecule has 2 aromatic carbocycles. The van der Waals surface area contributed by atoms with Gasteiger partial charge in [-0.05, 0) is 61.1 Å². The van der Waals surface area contributed by atoms with Gasteiger partial charge in [-0.25, -0.2) is 9.97 Å². The number of aromatic nitrogens is 3. The molecule has 1 unspecified atom stereocenters. The molecule has 5 heterocycles. The number of halogens is 1. The number of ether oxygens (including phenoxy) is 5. The Hall–Kier alpha value is -5.38. The van der Waals surface area contributed by atoms with Crippen molar-refractivity contribution in [2.24, 2.45) is 0 Å². The minimum Gasteiger partial charge on any atom is -0.484 e. The molecule has 6 N–H and O–H groups in total. The zero-order valence-corrected chi connectivity index (χ0v) is 34.3. The summed E-state index contributed by atoms with van der Waals surface area (Å²) in [4.78, 5) is 71.9. The van der Waals surface area contributed by atoms with E-state index < -0.39 is 60.3 Å². The van der Waals surface area contributed by atoms with E-state index >= 15 is 0 Å². The highest BCUT2D eigenvalue weighted by atomic mass is 35.5. The molecule has 0 spiro atoms. The highest BCUT2D eigenvalue weighted by molar-refractivity contribution is 6.32. The lowest BCUT2D eigenvalue weighted by Crippen LogP contribution is -2.54. The third-order valence-electron chi connectivity index (χ3n) is 10.9. The molecule has 0 aliphatic carbocycles. The number of aryl methyl sites for hydroxylation is 1. The summed E-state index contributed by atoms with van der Waals surface area (Å²) in [5, 5.41) is 35.8. The average Bonchev–Trinajstić information content (AvgIpc) is 3.90. The SMILES string of the molecule is Nc1ncnc2c1ccn2[C@@H]1O[C@H]([C@H](O)c2ccc(Cl)c(OCC(=O)CCCOCCOCCOCCCc3cccc4c3C(=O)N(C3CCC(=O)NC3=O)C4=O)c2)[C@@H](O)[C@H]1O. The number of ketones is 1. The Balaban J connectivity index is 0.743. The number of imide groups is 2. The van der Waals surface area contributed by atoms with Gasteiger partial charge < -0.3 is 49.3 Å². The number of rotatable bonds is 21. The van der Waals surface area contributed by atoms with Gasteiger partial charge in [0.15, 0.2) is 12.0 Å². The van der Waals surface area contributed by atoms with Crippen LogP contribution in [0.3, 0.4) is 0 Å². The smallest absolute Gasteiger partial charge is 0.262 e. The average molecular weight is 879 g/mol. The van der Waals surface area contributed by atoms with Crippen molar-refractivity contribution in [3.63, 3.8) is 0 Å². The summed E-state index contributed by atoms with van der Waals surface area (Å²) in [6, 6.07) is 10.2. The number of carbonyl (C=O) groups excluding carboxylic acids is 5. The Morgan fingerprint density at radius 1 is 0.952 bits per heavy atom. The number of hydrogen-bond acceptors (Lipinski definition) is 16. The number of Topliss-reactive ketones (excluding diaryl/α,β-unsaturated/α-hetero) is 1. The lowest BCUT2D eigenvalue weighted by molar-refractivity contribution is -0.136. The van der Waals surface area contributed by atoms with Gasteiger partial charge in [-0.2, -0.15) is 0 Å². The number of nitrogen functional groups attached to an aromatic ring is 1. The predicted octanol–water partition coefficient (Wildman–Crippen LogP) is 1.83. The number of nitrogens with one attached hydrogen (secondary N) is 1. The normalized spacial score (nSPS) is 21.7. The molecule has 330 valence electrons. The summed E-state index contributed by atoms with van der Waals surface area (Å²) < 4.78 is 29.9. The lowest BCUT2D eigenvalue weighted by atomic mass is 9.99. The van der Waals surface area contributed by atoms with Crippen LogP contribution in [0.2, 0.25) is 5.02 Å². The Morgan fingerprint density at radius 2 is 1.69 bits per heavy atom. The molecule has 4 aromatic rings. The highest BCUT2D eigenvalue weighted by Gasteiger charge is 2.48. The number of piperidine rings is 1. The van der Waals surface area contributed by atoms with Crippen molar-refractivity contribution < 1.29 is 63.0 Å². The molecule has 2 saturated heterocycles. The van der Waals surface area contributed by atoms with Crippen molar-refractivity contribution >= 4 is 57.9 Å². The molecule has 6 atom stereocenters. The first-order valence-electron chi connectivity index (χ1n) is 20.2. The van der Waals surface area contributed by atoms with E-state index in [1.165, 1.54) is 29.1 Å². The van der Waals surface area contributed by atoms with Gasteiger partial charge in [0.25, 0.3) is 11.8 Å². The summed E-state index contributed by atoms with van der Waals surface area (Å²) in [6.45, 7) is 1.77. The number of aliphatic hydroxyl groups excluding tert-OH is 3. The van der Waals surface area contributed by atoms with Crippen LogP contribution in [-0.2, 0) is 39.8 Å². The largest absolute Gasteiger partial charge is 0.484 e. The monoisotopic (exact) mass is 878 g/mol.